The van der Waals surface area contributed by atoms with Gasteiger partial charge >= 0.3 is 12.1 Å². The largest absolute Gasteiger partial charge is 0.490 e. The van der Waals surface area contributed by atoms with Gasteiger partial charge in [0.2, 0.25) is 0 Å². The minimum Gasteiger partial charge on any atom is -0.490 e. The monoisotopic (exact) mass is 477 g/mol. The number of carboxylic acids is 1. The summed E-state index contributed by atoms with van der Waals surface area (Å²) in [5.41, 5.74) is -0.407. The summed E-state index contributed by atoms with van der Waals surface area (Å²) in [6.07, 6.45) is -0.761. The van der Waals surface area contributed by atoms with Crippen molar-refractivity contribution in [3.05, 3.63) is 41.5 Å². The van der Waals surface area contributed by atoms with Crippen molar-refractivity contribution in [2.75, 3.05) is 0 Å². The zero-order valence-corrected chi connectivity index (χ0v) is 20.2. The summed E-state index contributed by atoms with van der Waals surface area (Å²) in [4.78, 5) is 11.4. The highest BCUT2D eigenvalue weighted by Crippen LogP contribution is 2.47. The maximum atomic E-state index is 14.3. The molecule has 2 saturated carbocycles. The molecule has 34 heavy (non-hydrogen) atoms. The summed E-state index contributed by atoms with van der Waals surface area (Å²) < 4.78 is 48.7. The summed E-state index contributed by atoms with van der Waals surface area (Å²) in [5, 5.41) is 13.5. The van der Waals surface area contributed by atoms with Gasteiger partial charge in [-0.05, 0) is 78.8 Å². The Hall–Kier alpha value is -2.28. The summed E-state index contributed by atoms with van der Waals surface area (Å²) in [6, 6.07) is 8.05. The van der Waals surface area contributed by atoms with Crippen LogP contribution in [0.3, 0.4) is 0 Å². The van der Waals surface area contributed by atoms with E-state index in [-0.39, 0.29) is 29.3 Å². The van der Waals surface area contributed by atoms with Crippen LogP contribution in [-0.2, 0) is 11.0 Å². The van der Waals surface area contributed by atoms with Gasteiger partial charge < -0.3 is 15.2 Å². The van der Waals surface area contributed by atoms with Crippen molar-refractivity contribution in [2.24, 2.45) is 17.3 Å². The van der Waals surface area contributed by atoms with Crippen molar-refractivity contribution in [3.8, 4) is 5.75 Å². The van der Waals surface area contributed by atoms with E-state index in [4.69, 9.17) is 4.74 Å². The van der Waals surface area contributed by atoms with Crippen LogP contribution in [0.15, 0.2) is 30.3 Å². The van der Waals surface area contributed by atoms with Crippen LogP contribution in [0.5, 0.6) is 5.75 Å². The fourth-order valence-corrected chi connectivity index (χ4v) is 5.53. The first kappa shape index (κ1) is 24.8. The molecule has 0 radical (unpaired) electrons. The maximum absolute atomic E-state index is 14.3. The average molecular weight is 478 g/mol. The Labute approximate surface area is 198 Å². The molecule has 2 aliphatic carbocycles. The lowest BCUT2D eigenvalue weighted by molar-refractivity contribution is -0.155. The minimum absolute atomic E-state index is 0.0234. The van der Waals surface area contributed by atoms with Gasteiger partial charge in [-0.25, -0.2) is 0 Å². The smallest absolute Gasteiger partial charge is 0.420 e. The lowest BCUT2D eigenvalue weighted by Gasteiger charge is -2.51. The number of halogens is 3. The van der Waals surface area contributed by atoms with Gasteiger partial charge in [0.25, 0.3) is 0 Å². The van der Waals surface area contributed by atoms with E-state index >= 15 is 0 Å². The first-order chi connectivity index (χ1) is 15.9. The normalized spacial score (nSPS) is 27.7. The number of benzene rings is 2. The van der Waals surface area contributed by atoms with Crippen molar-refractivity contribution in [3.63, 3.8) is 0 Å². The standard InChI is InChI=1S/C27H34F3NO3/c1-15-5-10-19(11-6-15)34-22-12-9-17-7-8-18(13-20(17)24(22)27(28,29)30)16(2)31-23-14-21(25(32)33)26(23,3)4/h7-9,12-13,15-16,19,21,23,31H,5-6,10-11,14H2,1-4H3,(H,32,33)/t15-,16-,19+,21-,23-/m0/s1. The topological polar surface area (TPSA) is 58.6 Å². The lowest BCUT2D eigenvalue weighted by Crippen LogP contribution is -2.59. The Balaban J connectivity index is 1.62. The summed E-state index contributed by atoms with van der Waals surface area (Å²) in [5.74, 6) is -0.743. The molecule has 2 N–H and O–H groups in total. The minimum atomic E-state index is -4.54. The molecule has 2 fully saturated rings. The molecular weight excluding hydrogens is 443 g/mol. The van der Waals surface area contributed by atoms with E-state index < -0.39 is 29.0 Å². The number of carbonyl (C=O) groups is 1. The highest BCUT2D eigenvalue weighted by atomic mass is 19.4. The van der Waals surface area contributed by atoms with Crippen LogP contribution >= 0.6 is 0 Å². The molecule has 7 heteroatoms. The summed E-state index contributed by atoms with van der Waals surface area (Å²) in [6.45, 7) is 7.90. The van der Waals surface area contributed by atoms with E-state index in [0.717, 1.165) is 31.2 Å². The van der Waals surface area contributed by atoms with Crippen molar-refractivity contribution < 1.29 is 27.8 Å². The molecule has 0 spiro atoms. The summed E-state index contributed by atoms with van der Waals surface area (Å²) in [7, 11) is 0. The Bertz CT molecular complexity index is 1060. The predicted molar refractivity (Wildman–Crippen MR) is 126 cm³/mol. The quantitative estimate of drug-likeness (QED) is 0.472. The zero-order chi connectivity index (χ0) is 24.8. The molecular formula is C27H34F3NO3. The molecule has 4 nitrogen and oxygen atoms in total. The third-order valence-electron chi connectivity index (χ3n) is 8.06. The van der Waals surface area contributed by atoms with Gasteiger partial charge in [0.05, 0.1) is 12.0 Å². The molecule has 2 aliphatic rings. The number of rotatable bonds is 6. The van der Waals surface area contributed by atoms with Crippen molar-refractivity contribution >= 4 is 16.7 Å². The molecule has 0 unspecified atom stereocenters. The Morgan fingerprint density at radius 1 is 1.15 bits per heavy atom. The van der Waals surface area contributed by atoms with Gasteiger partial charge in [0.15, 0.2) is 0 Å². The predicted octanol–water partition coefficient (Wildman–Crippen LogP) is 6.97. The molecule has 0 amide bonds. The van der Waals surface area contributed by atoms with Crippen LogP contribution in [0.4, 0.5) is 13.2 Å². The number of ether oxygens (including phenoxy) is 1. The van der Waals surface area contributed by atoms with Crippen LogP contribution in [0.25, 0.3) is 10.8 Å². The number of hydrogen-bond acceptors (Lipinski definition) is 3. The second-order valence-electron chi connectivity index (χ2n) is 10.8. The highest BCUT2D eigenvalue weighted by molar-refractivity contribution is 5.89. The molecule has 0 aromatic heterocycles. The van der Waals surface area contributed by atoms with Crippen molar-refractivity contribution in [2.45, 2.75) is 84.2 Å². The second kappa shape index (κ2) is 9.06. The molecule has 0 saturated heterocycles. The molecule has 0 heterocycles. The number of carboxylic acid groups (broad SMARTS) is 1. The van der Waals surface area contributed by atoms with Gasteiger partial charge in [0.1, 0.15) is 11.3 Å². The fraction of sp³-hybridized carbons (Fsp3) is 0.593. The van der Waals surface area contributed by atoms with Crippen LogP contribution in [0, 0.1) is 17.3 Å². The molecule has 3 atom stereocenters. The van der Waals surface area contributed by atoms with E-state index in [9.17, 15) is 23.1 Å². The molecule has 2 aromatic rings. The maximum Gasteiger partial charge on any atom is 0.420 e. The van der Waals surface area contributed by atoms with Gasteiger partial charge in [-0.15, -0.1) is 0 Å². The summed E-state index contributed by atoms with van der Waals surface area (Å²) >= 11 is 0. The van der Waals surface area contributed by atoms with Crippen LogP contribution < -0.4 is 10.1 Å². The van der Waals surface area contributed by atoms with E-state index in [1.165, 1.54) is 6.07 Å². The molecule has 2 aromatic carbocycles. The van der Waals surface area contributed by atoms with Crippen molar-refractivity contribution in [1.29, 1.82) is 0 Å². The second-order valence-corrected chi connectivity index (χ2v) is 10.8. The molecule has 4 rings (SSSR count). The van der Waals surface area contributed by atoms with Gasteiger partial charge in [-0.3, -0.25) is 4.79 Å². The number of aliphatic carboxylic acids is 1. The van der Waals surface area contributed by atoms with E-state index in [1.54, 1.807) is 18.2 Å². The molecule has 0 bridgehead atoms. The fourth-order valence-electron chi connectivity index (χ4n) is 5.53. The first-order valence-electron chi connectivity index (χ1n) is 12.2. The van der Waals surface area contributed by atoms with E-state index in [2.05, 4.69) is 12.2 Å². The van der Waals surface area contributed by atoms with Crippen LogP contribution in [-0.4, -0.2) is 23.2 Å². The van der Waals surface area contributed by atoms with Crippen LogP contribution in [0.2, 0.25) is 0 Å². The van der Waals surface area contributed by atoms with Gasteiger partial charge in [-0.2, -0.15) is 13.2 Å². The Kier molecular flexibility index (Phi) is 6.62. The van der Waals surface area contributed by atoms with Crippen molar-refractivity contribution in [1.82, 2.24) is 5.32 Å². The average Bonchev–Trinajstić information content (AvgIpc) is 2.76. The van der Waals surface area contributed by atoms with E-state index in [0.29, 0.717) is 17.7 Å². The first-order valence-corrected chi connectivity index (χ1v) is 12.2. The SMILES string of the molecule is C[C@H](N[C@H]1C[C@@H](C(=O)O)C1(C)C)c1ccc2ccc(O[C@H]3CC[C@@H](C)CC3)c(C(F)(F)F)c2c1. The number of alkyl halides is 3. The number of fused-ring (bicyclic) bond motifs is 1. The van der Waals surface area contributed by atoms with Gasteiger partial charge in [-0.1, -0.05) is 39.0 Å². The lowest BCUT2D eigenvalue weighted by atomic mass is 9.58. The third kappa shape index (κ3) is 4.77. The Morgan fingerprint density at radius 2 is 1.79 bits per heavy atom. The Morgan fingerprint density at radius 3 is 2.38 bits per heavy atom. The highest BCUT2D eigenvalue weighted by Gasteiger charge is 2.52. The molecule has 186 valence electrons. The zero-order valence-electron chi connectivity index (χ0n) is 20.2. The van der Waals surface area contributed by atoms with Crippen LogP contribution in [0.1, 0.15) is 77.0 Å². The van der Waals surface area contributed by atoms with E-state index in [1.807, 2.05) is 26.8 Å². The number of hydrogen-bond donors (Lipinski definition) is 2. The van der Waals surface area contributed by atoms with Gasteiger partial charge in [0, 0.05) is 12.1 Å². The third-order valence-corrected chi connectivity index (χ3v) is 8.06. The molecule has 0 aliphatic heterocycles. The number of nitrogens with one attached hydrogen (secondary N) is 1.